The lowest BCUT2D eigenvalue weighted by Gasteiger charge is -2.18. The number of rotatable bonds is 4. The predicted octanol–water partition coefficient (Wildman–Crippen LogP) is 4.18. The second kappa shape index (κ2) is 6.38. The molecular formula is C18H21NO. The predicted molar refractivity (Wildman–Crippen MR) is 82.9 cm³/mol. The fourth-order valence-corrected chi connectivity index (χ4v) is 2.41. The molecular weight excluding hydrogens is 246 g/mol. The number of aryl methyl sites for hydroxylation is 2. The third kappa shape index (κ3) is 3.27. The lowest BCUT2D eigenvalue weighted by Crippen LogP contribution is -2.28. The van der Waals surface area contributed by atoms with Gasteiger partial charge in [0.2, 0.25) is 0 Å². The third-order valence-corrected chi connectivity index (χ3v) is 3.54. The van der Waals surface area contributed by atoms with E-state index in [-0.39, 0.29) is 11.9 Å². The molecule has 0 aliphatic heterocycles. The lowest BCUT2D eigenvalue weighted by atomic mass is 10.0. The molecule has 0 aliphatic carbocycles. The molecule has 0 saturated heterocycles. The normalized spacial score (nSPS) is 11.9. The zero-order valence-electron chi connectivity index (χ0n) is 12.3. The van der Waals surface area contributed by atoms with Gasteiger partial charge in [-0.15, -0.1) is 0 Å². The molecule has 1 N–H and O–H groups in total. The van der Waals surface area contributed by atoms with E-state index in [1.54, 1.807) is 0 Å². The van der Waals surface area contributed by atoms with Gasteiger partial charge >= 0.3 is 0 Å². The molecule has 1 unspecified atom stereocenters. The molecule has 2 nitrogen and oxygen atoms in total. The van der Waals surface area contributed by atoms with E-state index in [9.17, 15) is 4.79 Å². The van der Waals surface area contributed by atoms with Crippen LogP contribution < -0.4 is 5.32 Å². The minimum atomic E-state index is -0.00166. The average molecular weight is 267 g/mol. The standard InChI is InChI=1S/C18H21NO/c1-4-17(15-8-6-5-7-9-15)19-18(20)16-11-10-13(2)12-14(16)3/h5-12,17H,4H2,1-3H3,(H,19,20). The van der Waals surface area contributed by atoms with E-state index in [2.05, 4.69) is 24.4 Å². The second-order valence-electron chi connectivity index (χ2n) is 5.16. The van der Waals surface area contributed by atoms with Gasteiger partial charge in [-0.3, -0.25) is 4.79 Å². The lowest BCUT2D eigenvalue weighted by molar-refractivity contribution is 0.0935. The fraction of sp³-hybridized carbons (Fsp3) is 0.278. The second-order valence-corrected chi connectivity index (χ2v) is 5.16. The molecule has 0 heterocycles. The highest BCUT2D eigenvalue weighted by atomic mass is 16.1. The number of hydrogen-bond acceptors (Lipinski definition) is 1. The highest BCUT2D eigenvalue weighted by molar-refractivity contribution is 5.95. The first-order valence-corrected chi connectivity index (χ1v) is 7.05. The van der Waals surface area contributed by atoms with Crippen LogP contribution in [0.5, 0.6) is 0 Å². The maximum absolute atomic E-state index is 12.4. The van der Waals surface area contributed by atoms with Crippen LogP contribution in [0.1, 0.15) is 46.4 Å². The fourth-order valence-electron chi connectivity index (χ4n) is 2.41. The molecule has 0 bridgehead atoms. The molecule has 20 heavy (non-hydrogen) atoms. The summed E-state index contributed by atoms with van der Waals surface area (Å²) in [7, 11) is 0. The Morgan fingerprint density at radius 2 is 1.80 bits per heavy atom. The van der Waals surface area contributed by atoms with Gasteiger partial charge in [-0.1, -0.05) is 55.0 Å². The van der Waals surface area contributed by atoms with E-state index in [1.807, 2.05) is 50.2 Å². The van der Waals surface area contributed by atoms with E-state index in [1.165, 1.54) is 5.56 Å². The molecule has 0 aliphatic rings. The minimum Gasteiger partial charge on any atom is -0.345 e. The van der Waals surface area contributed by atoms with Crippen LogP contribution in [-0.4, -0.2) is 5.91 Å². The van der Waals surface area contributed by atoms with Gasteiger partial charge in [0.15, 0.2) is 0 Å². The molecule has 0 aromatic heterocycles. The van der Waals surface area contributed by atoms with E-state index >= 15 is 0 Å². The summed E-state index contributed by atoms with van der Waals surface area (Å²) in [5.41, 5.74) is 4.10. The van der Waals surface area contributed by atoms with E-state index < -0.39 is 0 Å². The Balaban J connectivity index is 2.17. The highest BCUT2D eigenvalue weighted by Crippen LogP contribution is 2.18. The smallest absolute Gasteiger partial charge is 0.252 e. The van der Waals surface area contributed by atoms with Crippen molar-refractivity contribution in [3.63, 3.8) is 0 Å². The van der Waals surface area contributed by atoms with Gasteiger partial charge in [0.25, 0.3) is 5.91 Å². The molecule has 104 valence electrons. The van der Waals surface area contributed by atoms with Crippen molar-refractivity contribution in [1.82, 2.24) is 5.32 Å². The van der Waals surface area contributed by atoms with Gasteiger partial charge in [0.05, 0.1) is 6.04 Å². The molecule has 0 radical (unpaired) electrons. The topological polar surface area (TPSA) is 29.1 Å². The summed E-state index contributed by atoms with van der Waals surface area (Å²) < 4.78 is 0. The zero-order valence-corrected chi connectivity index (χ0v) is 12.3. The summed E-state index contributed by atoms with van der Waals surface area (Å²) in [4.78, 5) is 12.4. The van der Waals surface area contributed by atoms with Crippen LogP contribution in [0.25, 0.3) is 0 Å². The van der Waals surface area contributed by atoms with E-state index in [0.717, 1.165) is 23.1 Å². The van der Waals surface area contributed by atoms with Crippen LogP contribution in [0.15, 0.2) is 48.5 Å². The van der Waals surface area contributed by atoms with Crippen molar-refractivity contribution in [3.8, 4) is 0 Å². The molecule has 1 atom stereocenters. The van der Waals surface area contributed by atoms with Gasteiger partial charge in [0, 0.05) is 5.56 Å². The summed E-state index contributed by atoms with van der Waals surface area (Å²) in [6, 6.07) is 16.1. The number of hydrogen-bond donors (Lipinski definition) is 1. The molecule has 2 heteroatoms. The SMILES string of the molecule is CCC(NC(=O)c1ccc(C)cc1C)c1ccccc1. The van der Waals surface area contributed by atoms with Crippen LogP contribution in [-0.2, 0) is 0 Å². The van der Waals surface area contributed by atoms with Crippen molar-refractivity contribution in [2.75, 3.05) is 0 Å². The zero-order chi connectivity index (χ0) is 14.5. The Labute approximate surface area is 120 Å². The minimum absolute atomic E-state index is 0.00166. The van der Waals surface area contributed by atoms with Crippen LogP contribution >= 0.6 is 0 Å². The van der Waals surface area contributed by atoms with Crippen molar-refractivity contribution in [1.29, 1.82) is 0 Å². The van der Waals surface area contributed by atoms with Crippen LogP contribution in [0.2, 0.25) is 0 Å². The van der Waals surface area contributed by atoms with Gasteiger partial charge in [-0.2, -0.15) is 0 Å². The number of nitrogens with one attached hydrogen (secondary N) is 1. The Morgan fingerprint density at radius 3 is 2.40 bits per heavy atom. The first-order valence-electron chi connectivity index (χ1n) is 7.05. The number of benzene rings is 2. The first-order chi connectivity index (χ1) is 9.61. The summed E-state index contributed by atoms with van der Waals surface area (Å²) in [6.07, 6.45) is 0.876. The van der Waals surface area contributed by atoms with E-state index in [4.69, 9.17) is 0 Å². The van der Waals surface area contributed by atoms with Crippen molar-refractivity contribution in [2.45, 2.75) is 33.2 Å². The molecule has 2 aromatic carbocycles. The largest absolute Gasteiger partial charge is 0.345 e. The molecule has 0 spiro atoms. The van der Waals surface area contributed by atoms with Gasteiger partial charge in [-0.05, 0) is 37.5 Å². The molecule has 2 aromatic rings. The third-order valence-electron chi connectivity index (χ3n) is 3.54. The van der Waals surface area contributed by atoms with Gasteiger partial charge < -0.3 is 5.32 Å². The Hall–Kier alpha value is -2.09. The Bertz CT molecular complexity index is 590. The highest BCUT2D eigenvalue weighted by Gasteiger charge is 2.15. The quantitative estimate of drug-likeness (QED) is 0.884. The van der Waals surface area contributed by atoms with E-state index in [0.29, 0.717) is 0 Å². The van der Waals surface area contributed by atoms with Crippen LogP contribution in [0.4, 0.5) is 0 Å². The maximum Gasteiger partial charge on any atom is 0.252 e. The average Bonchev–Trinajstić information content (AvgIpc) is 2.45. The first kappa shape index (κ1) is 14.3. The van der Waals surface area contributed by atoms with Crippen molar-refractivity contribution >= 4 is 5.91 Å². The van der Waals surface area contributed by atoms with Gasteiger partial charge in [-0.25, -0.2) is 0 Å². The summed E-state index contributed by atoms with van der Waals surface area (Å²) in [6.45, 7) is 6.10. The molecule has 0 fully saturated rings. The van der Waals surface area contributed by atoms with Crippen molar-refractivity contribution in [2.24, 2.45) is 0 Å². The van der Waals surface area contributed by atoms with Crippen molar-refractivity contribution < 1.29 is 4.79 Å². The number of carbonyl (C=O) groups is 1. The maximum atomic E-state index is 12.4. The Morgan fingerprint density at radius 1 is 1.10 bits per heavy atom. The molecule has 0 saturated carbocycles. The number of amides is 1. The molecule has 2 rings (SSSR count). The summed E-state index contributed by atoms with van der Waals surface area (Å²) in [5, 5.41) is 3.12. The number of carbonyl (C=O) groups excluding carboxylic acids is 1. The van der Waals surface area contributed by atoms with Crippen molar-refractivity contribution in [3.05, 3.63) is 70.8 Å². The van der Waals surface area contributed by atoms with Crippen LogP contribution in [0.3, 0.4) is 0 Å². The Kier molecular flexibility index (Phi) is 4.57. The van der Waals surface area contributed by atoms with Gasteiger partial charge in [0.1, 0.15) is 0 Å². The molecule has 1 amide bonds. The summed E-state index contributed by atoms with van der Waals surface area (Å²) in [5.74, 6) is -0.00166. The summed E-state index contributed by atoms with van der Waals surface area (Å²) >= 11 is 0. The monoisotopic (exact) mass is 267 g/mol. The van der Waals surface area contributed by atoms with Crippen LogP contribution in [0, 0.1) is 13.8 Å².